The van der Waals surface area contributed by atoms with Crippen molar-refractivity contribution >= 4 is 11.7 Å². The molecule has 2 aromatic carbocycles. The Labute approximate surface area is 170 Å². The van der Waals surface area contributed by atoms with E-state index in [2.05, 4.69) is 5.32 Å². The van der Waals surface area contributed by atoms with E-state index in [-0.39, 0.29) is 23.5 Å². The zero-order valence-electron chi connectivity index (χ0n) is 17.0. The number of benzene rings is 2. The van der Waals surface area contributed by atoms with E-state index < -0.39 is 0 Å². The fourth-order valence-corrected chi connectivity index (χ4v) is 4.42. The Morgan fingerprint density at radius 2 is 1.69 bits per heavy atom. The largest absolute Gasteiger partial charge is 0.497 e. The molecule has 5 heteroatoms. The molecule has 1 heterocycles. The molecule has 0 unspecified atom stereocenters. The molecule has 150 valence electrons. The quantitative estimate of drug-likeness (QED) is 0.855. The van der Waals surface area contributed by atoms with Crippen LogP contribution in [0.2, 0.25) is 0 Å². The van der Waals surface area contributed by atoms with Gasteiger partial charge in [-0.3, -0.25) is 9.59 Å². The zero-order chi connectivity index (χ0) is 20.5. The highest BCUT2D eigenvalue weighted by Crippen LogP contribution is 2.45. The summed E-state index contributed by atoms with van der Waals surface area (Å²) in [5.74, 6) is 1.25. The molecule has 0 saturated heterocycles. The van der Waals surface area contributed by atoms with Crippen LogP contribution in [0.25, 0.3) is 0 Å². The second-order valence-electron chi connectivity index (χ2n) is 7.74. The van der Waals surface area contributed by atoms with Crippen molar-refractivity contribution in [3.63, 3.8) is 0 Å². The van der Waals surface area contributed by atoms with Crippen LogP contribution in [-0.2, 0) is 9.59 Å². The number of Topliss-reactive ketones (excluding diaryl/α,β-unsaturated/α-hetero) is 1. The van der Waals surface area contributed by atoms with Gasteiger partial charge in [-0.2, -0.15) is 0 Å². The van der Waals surface area contributed by atoms with Crippen molar-refractivity contribution in [1.82, 2.24) is 5.32 Å². The number of aryl methyl sites for hydroxylation is 1. The van der Waals surface area contributed by atoms with E-state index in [1.807, 2.05) is 49.4 Å². The van der Waals surface area contributed by atoms with Crippen molar-refractivity contribution < 1.29 is 19.1 Å². The van der Waals surface area contributed by atoms with E-state index in [9.17, 15) is 9.59 Å². The summed E-state index contributed by atoms with van der Waals surface area (Å²) in [4.78, 5) is 25.7. The molecule has 2 atom stereocenters. The van der Waals surface area contributed by atoms with E-state index in [4.69, 9.17) is 9.47 Å². The summed E-state index contributed by atoms with van der Waals surface area (Å²) >= 11 is 0. The van der Waals surface area contributed by atoms with E-state index in [1.165, 1.54) is 0 Å². The molecule has 0 bridgehead atoms. The van der Waals surface area contributed by atoms with E-state index in [0.717, 1.165) is 39.5 Å². The van der Waals surface area contributed by atoms with Crippen molar-refractivity contribution in [2.75, 3.05) is 14.2 Å². The Balaban J connectivity index is 1.72. The summed E-state index contributed by atoms with van der Waals surface area (Å²) in [6, 6.07) is 13.7. The number of allylic oxidation sites excluding steroid dienone is 2. The Morgan fingerprint density at radius 3 is 2.38 bits per heavy atom. The molecule has 0 saturated carbocycles. The van der Waals surface area contributed by atoms with E-state index in [1.54, 1.807) is 14.2 Å². The van der Waals surface area contributed by atoms with Gasteiger partial charge in [0.2, 0.25) is 5.91 Å². The maximum atomic E-state index is 13.2. The average Bonchev–Trinajstić information content (AvgIpc) is 2.72. The zero-order valence-corrected chi connectivity index (χ0v) is 17.0. The minimum Gasteiger partial charge on any atom is -0.497 e. The lowest BCUT2D eigenvalue weighted by Crippen LogP contribution is -2.38. The van der Waals surface area contributed by atoms with Crippen LogP contribution in [0.4, 0.5) is 0 Å². The van der Waals surface area contributed by atoms with Gasteiger partial charge >= 0.3 is 0 Å². The average molecular weight is 391 g/mol. The third-order valence-electron chi connectivity index (χ3n) is 5.89. The molecule has 1 N–H and O–H groups in total. The summed E-state index contributed by atoms with van der Waals surface area (Å²) in [5.41, 5.74) is 4.61. The second-order valence-corrected chi connectivity index (χ2v) is 7.74. The van der Waals surface area contributed by atoms with Crippen LogP contribution in [0.3, 0.4) is 0 Å². The van der Waals surface area contributed by atoms with Gasteiger partial charge in [-0.1, -0.05) is 29.8 Å². The fraction of sp³-hybridized carbons (Fsp3) is 0.333. The Hall–Kier alpha value is -3.08. The Kier molecular flexibility index (Phi) is 5.14. The summed E-state index contributed by atoms with van der Waals surface area (Å²) in [6.45, 7) is 2.03. The van der Waals surface area contributed by atoms with Crippen molar-refractivity contribution in [2.45, 2.75) is 38.0 Å². The molecule has 0 spiro atoms. The topological polar surface area (TPSA) is 64.6 Å². The molecule has 1 amide bonds. The van der Waals surface area contributed by atoms with Crippen molar-refractivity contribution in [2.24, 2.45) is 0 Å². The molecule has 4 rings (SSSR count). The first-order valence-electron chi connectivity index (χ1n) is 9.84. The van der Waals surface area contributed by atoms with Crippen LogP contribution >= 0.6 is 0 Å². The van der Waals surface area contributed by atoms with Crippen LogP contribution in [-0.4, -0.2) is 25.9 Å². The maximum absolute atomic E-state index is 13.2. The number of hydrogen-bond donors (Lipinski definition) is 1. The Morgan fingerprint density at radius 1 is 0.931 bits per heavy atom. The summed E-state index contributed by atoms with van der Waals surface area (Å²) in [7, 11) is 3.24. The van der Waals surface area contributed by atoms with Crippen LogP contribution in [0.15, 0.2) is 53.7 Å². The van der Waals surface area contributed by atoms with Gasteiger partial charge in [0, 0.05) is 41.5 Å². The number of carbonyl (C=O) groups excluding carboxylic acids is 2. The lowest BCUT2D eigenvalue weighted by molar-refractivity contribution is -0.122. The van der Waals surface area contributed by atoms with E-state index >= 15 is 0 Å². The van der Waals surface area contributed by atoms with Crippen molar-refractivity contribution in [3.05, 3.63) is 70.4 Å². The molecule has 1 aliphatic heterocycles. The van der Waals surface area contributed by atoms with Crippen LogP contribution < -0.4 is 14.8 Å². The second kappa shape index (κ2) is 7.74. The maximum Gasteiger partial charge on any atom is 0.225 e. The van der Waals surface area contributed by atoms with Crippen LogP contribution in [0.1, 0.15) is 47.8 Å². The van der Waals surface area contributed by atoms with Gasteiger partial charge in [0.1, 0.15) is 11.5 Å². The molecule has 2 aliphatic rings. The summed E-state index contributed by atoms with van der Waals surface area (Å²) in [6.07, 6.45) is 1.29. The normalized spacial score (nSPS) is 21.5. The minimum absolute atomic E-state index is 0.0413. The number of nitrogens with one attached hydrogen (secondary N) is 1. The Bertz CT molecular complexity index is 990. The monoisotopic (exact) mass is 391 g/mol. The molecule has 0 fully saturated rings. The lowest BCUT2D eigenvalue weighted by Gasteiger charge is -2.35. The standard InChI is InChI=1S/C24H25NO4/c1-14-4-6-15(7-5-14)19-13-23(27)25-20-10-16(11-21(26)24(19)20)18-12-17(28-2)8-9-22(18)29-3/h4-9,12,16,19H,10-11,13H2,1-3H3,(H,25,27)/t16-,19-/m0/s1. The highest BCUT2D eigenvalue weighted by molar-refractivity contribution is 6.02. The van der Waals surface area contributed by atoms with Gasteiger partial charge in [0.25, 0.3) is 0 Å². The van der Waals surface area contributed by atoms with Crippen molar-refractivity contribution in [3.8, 4) is 11.5 Å². The summed E-state index contributed by atoms with van der Waals surface area (Å²) < 4.78 is 10.9. The number of ketones is 1. The van der Waals surface area contributed by atoms with Crippen molar-refractivity contribution in [1.29, 1.82) is 0 Å². The molecule has 0 radical (unpaired) electrons. The number of carbonyl (C=O) groups is 2. The third-order valence-corrected chi connectivity index (χ3v) is 5.89. The third kappa shape index (κ3) is 3.65. The van der Waals surface area contributed by atoms with E-state index in [0.29, 0.717) is 19.3 Å². The number of amides is 1. The predicted molar refractivity (Wildman–Crippen MR) is 110 cm³/mol. The molecule has 1 aliphatic carbocycles. The first-order valence-corrected chi connectivity index (χ1v) is 9.84. The predicted octanol–water partition coefficient (Wildman–Crippen LogP) is 4.02. The van der Waals surface area contributed by atoms with Gasteiger partial charge in [-0.15, -0.1) is 0 Å². The number of methoxy groups -OCH3 is 2. The molecule has 29 heavy (non-hydrogen) atoms. The van der Waals surface area contributed by atoms with Crippen LogP contribution in [0, 0.1) is 6.92 Å². The van der Waals surface area contributed by atoms with Gasteiger partial charge < -0.3 is 14.8 Å². The van der Waals surface area contributed by atoms with Gasteiger partial charge in [0.15, 0.2) is 5.78 Å². The molecular formula is C24H25NO4. The highest BCUT2D eigenvalue weighted by Gasteiger charge is 2.38. The first-order chi connectivity index (χ1) is 14.0. The van der Waals surface area contributed by atoms with Gasteiger partial charge in [-0.25, -0.2) is 0 Å². The van der Waals surface area contributed by atoms with Crippen LogP contribution in [0.5, 0.6) is 11.5 Å². The highest BCUT2D eigenvalue weighted by atomic mass is 16.5. The lowest BCUT2D eigenvalue weighted by atomic mass is 9.73. The smallest absolute Gasteiger partial charge is 0.225 e. The SMILES string of the molecule is COc1ccc(OC)c([C@@H]2CC(=O)C3=C(C2)NC(=O)C[C@H]3c2ccc(C)cc2)c1. The minimum atomic E-state index is -0.181. The van der Waals surface area contributed by atoms with Gasteiger partial charge in [-0.05, 0) is 37.1 Å². The molecular weight excluding hydrogens is 366 g/mol. The van der Waals surface area contributed by atoms with Gasteiger partial charge in [0.05, 0.1) is 14.2 Å². The molecule has 2 aromatic rings. The fourth-order valence-electron chi connectivity index (χ4n) is 4.42. The molecule has 5 nitrogen and oxygen atoms in total. The number of hydrogen-bond acceptors (Lipinski definition) is 4. The number of ether oxygens (including phenoxy) is 2. The summed E-state index contributed by atoms with van der Waals surface area (Å²) in [5, 5.41) is 2.97. The number of rotatable bonds is 4. The molecule has 0 aromatic heterocycles. The first kappa shape index (κ1) is 19.2.